The van der Waals surface area contributed by atoms with Crippen molar-refractivity contribution >= 4 is 30.3 Å². The summed E-state index contributed by atoms with van der Waals surface area (Å²) in [5.41, 5.74) is 6.98. The highest BCUT2D eigenvalue weighted by Gasteiger charge is 2.75. The lowest BCUT2D eigenvalue weighted by Gasteiger charge is -2.45. The Bertz CT molecular complexity index is 726. The zero-order valence-electron chi connectivity index (χ0n) is 16.9. The van der Waals surface area contributed by atoms with Crippen molar-refractivity contribution in [2.24, 2.45) is 0 Å². The molecule has 0 radical (unpaired) electrons. The van der Waals surface area contributed by atoms with Crippen LogP contribution in [0.1, 0.15) is 29.2 Å². The van der Waals surface area contributed by atoms with Crippen LogP contribution in [0.25, 0.3) is 0 Å². The predicted octanol–water partition coefficient (Wildman–Crippen LogP) is 5.93. The Morgan fingerprint density at radius 1 is 0.640 bits per heavy atom. The van der Waals surface area contributed by atoms with Gasteiger partial charge in [0, 0.05) is 16.1 Å². The second kappa shape index (κ2) is 5.23. The summed E-state index contributed by atoms with van der Waals surface area (Å²) in [4.78, 5) is 0. The molecular formula is C22H31AlSi2. The molecule has 0 aliphatic carbocycles. The van der Waals surface area contributed by atoms with Gasteiger partial charge in [-0.2, -0.15) is 0 Å². The van der Waals surface area contributed by atoms with Gasteiger partial charge in [-0.05, 0) is 7.80 Å². The maximum atomic E-state index is 2.64. The summed E-state index contributed by atoms with van der Waals surface area (Å²) >= 11 is -1.11. The van der Waals surface area contributed by atoms with Gasteiger partial charge in [0.15, 0.2) is 0 Å². The topological polar surface area (TPSA) is 0 Å². The molecule has 0 nitrogen and oxygen atoms in total. The molecule has 25 heavy (non-hydrogen) atoms. The molecule has 2 aromatic carbocycles. The van der Waals surface area contributed by atoms with Crippen LogP contribution in [0, 0.1) is 0 Å². The van der Waals surface area contributed by atoms with E-state index < -0.39 is 30.3 Å². The van der Waals surface area contributed by atoms with Crippen molar-refractivity contribution in [3.8, 4) is 0 Å². The van der Waals surface area contributed by atoms with Gasteiger partial charge < -0.3 is 0 Å². The Hall–Kier alpha value is -0.594. The maximum Gasteiger partial charge on any atom is 0.294 e. The Balaban J connectivity index is 2.26. The van der Waals surface area contributed by atoms with Crippen LogP contribution in [-0.4, -0.2) is 30.3 Å². The summed E-state index contributed by atoms with van der Waals surface area (Å²) in [6, 6.07) is 19.3. The first-order valence-corrected chi connectivity index (χ1v) is 18.8. The quantitative estimate of drug-likeness (QED) is 0.580. The van der Waals surface area contributed by atoms with Gasteiger partial charge >= 0.3 is 0 Å². The van der Waals surface area contributed by atoms with Gasteiger partial charge in [-0.25, -0.2) is 0 Å². The van der Waals surface area contributed by atoms with Gasteiger partial charge in [-0.3, -0.25) is 0 Å². The third-order valence-corrected chi connectivity index (χ3v) is 24.6. The molecule has 2 bridgehead atoms. The number of fused-ring (bicyclic) bond motifs is 8. The Morgan fingerprint density at radius 3 is 1.12 bits per heavy atom. The summed E-state index contributed by atoms with van der Waals surface area (Å²) in [6.07, 6.45) is 0. The standard InChI is InChI=1S/C20H26Si2.C2H5.Al/c1-21(2,3)19-15-11-7-9-13-17(15)20(22(4,5)6)18-14-10-8-12-16(18)19;1-2;/h7-14H,1-6H3;1H2,2H3;. The normalized spacial score (nSPS) is 27.4. The molecule has 0 fully saturated rings. The van der Waals surface area contributed by atoms with Crippen LogP contribution in [0.15, 0.2) is 48.5 Å². The molecule has 2 aliphatic rings. The summed E-state index contributed by atoms with van der Waals surface area (Å²) in [7, 11) is -2.92. The van der Waals surface area contributed by atoms with Crippen LogP contribution in [0.3, 0.4) is 0 Å². The van der Waals surface area contributed by atoms with E-state index in [-0.39, 0.29) is 0 Å². The fraction of sp³-hybridized carbons (Fsp3) is 0.455. The molecule has 0 spiro atoms. The van der Waals surface area contributed by atoms with Crippen molar-refractivity contribution in [1.29, 1.82) is 0 Å². The van der Waals surface area contributed by atoms with E-state index >= 15 is 0 Å². The number of hydrogen-bond acceptors (Lipinski definition) is 0. The molecule has 0 aromatic heterocycles. The third-order valence-electron chi connectivity index (χ3n) is 7.37. The van der Waals surface area contributed by atoms with E-state index in [9.17, 15) is 0 Å². The van der Waals surface area contributed by atoms with E-state index in [0.717, 1.165) is 0 Å². The summed E-state index contributed by atoms with van der Waals surface area (Å²) in [5, 5.41) is 1.41. The average Bonchev–Trinajstić information content (AvgIpc) is 2.98. The van der Waals surface area contributed by atoms with Crippen LogP contribution < -0.4 is 0 Å². The molecule has 4 rings (SSSR count). The predicted molar refractivity (Wildman–Crippen MR) is 117 cm³/mol. The van der Waals surface area contributed by atoms with Gasteiger partial charge in [-0.15, -0.1) is 0 Å². The molecule has 3 heteroatoms. The van der Waals surface area contributed by atoms with Gasteiger partial charge in [-0.1, -0.05) is 122 Å². The fourth-order valence-corrected chi connectivity index (χ4v) is 26.8. The van der Waals surface area contributed by atoms with Crippen LogP contribution in [0.2, 0.25) is 44.6 Å². The molecule has 0 N–H and O–H groups in total. The Labute approximate surface area is 160 Å². The van der Waals surface area contributed by atoms with Crippen LogP contribution in [-0.2, 0) is 7.80 Å². The molecule has 2 aliphatic heterocycles. The van der Waals surface area contributed by atoms with Crippen LogP contribution in [0.5, 0.6) is 0 Å². The SMILES string of the molecule is C[CH2][Al]1[C]2([Si](C)(C)C)c3ccccc3[C]1([Si](C)(C)C)c1ccccc12. The van der Waals surface area contributed by atoms with Crippen LogP contribution >= 0.6 is 0 Å². The zero-order chi connectivity index (χ0) is 18.3. The van der Waals surface area contributed by atoms with Crippen molar-refractivity contribution in [1.82, 2.24) is 0 Å². The summed E-state index contributed by atoms with van der Waals surface area (Å²) in [5.74, 6) is 0. The first-order chi connectivity index (χ1) is 11.6. The lowest BCUT2D eigenvalue weighted by molar-refractivity contribution is 0.900. The van der Waals surface area contributed by atoms with E-state index in [4.69, 9.17) is 0 Å². The Morgan fingerprint density at radius 2 is 0.920 bits per heavy atom. The lowest BCUT2D eigenvalue weighted by Crippen LogP contribution is -2.62. The molecule has 2 aromatic rings. The highest BCUT2D eigenvalue weighted by molar-refractivity contribution is 7.04. The highest BCUT2D eigenvalue weighted by atomic mass is 28.3. The number of rotatable bonds is 3. The third kappa shape index (κ3) is 1.79. The van der Waals surface area contributed by atoms with Gasteiger partial charge in [0.05, 0.1) is 0 Å². The smallest absolute Gasteiger partial charge is 0.0954 e. The minimum atomic E-state index is -1.46. The Kier molecular flexibility index (Phi) is 3.72. The monoisotopic (exact) mass is 378 g/mol. The summed E-state index contributed by atoms with van der Waals surface area (Å²) < 4.78 is 0.824. The molecular weight excluding hydrogens is 347 g/mol. The molecule has 2 heterocycles. The van der Waals surface area contributed by atoms with Crippen molar-refractivity contribution < 1.29 is 0 Å². The number of hydrogen-bond donors (Lipinski definition) is 0. The molecule has 0 amide bonds. The highest BCUT2D eigenvalue weighted by Crippen LogP contribution is 2.68. The van der Waals surface area contributed by atoms with E-state index in [0.29, 0.717) is 7.80 Å². The van der Waals surface area contributed by atoms with Crippen molar-refractivity contribution in [2.45, 2.75) is 59.3 Å². The van der Waals surface area contributed by atoms with Crippen molar-refractivity contribution in [3.63, 3.8) is 0 Å². The van der Waals surface area contributed by atoms with Gasteiger partial charge in [0.1, 0.15) is 0 Å². The van der Waals surface area contributed by atoms with E-state index in [1.54, 1.807) is 22.3 Å². The van der Waals surface area contributed by atoms with Crippen molar-refractivity contribution in [2.75, 3.05) is 0 Å². The zero-order valence-corrected chi connectivity index (χ0v) is 20.1. The largest absolute Gasteiger partial charge is 0.294 e. The first-order valence-electron chi connectivity index (χ1n) is 9.85. The first kappa shape index (κ1) is 17.8. The minimum absolute atomic E-state index is 0.412. The van der Waals surface area contributed by atoms with Crippen LogP contribution in [0.4, 0.5) is 0 Å². The molecule has 0 saturated carbocycles. The second-order valence-electron chi connectivity index (χ2n) is 10.2. The van der Waals surface area contributed by atoms with Gasteiger partial charge in [0.25, 0.3) is 14.1 Å². The summed E-state index contributed by atoms with van der Waals surface area (Å²) in [6.45, 7) is 18.4. The van der Waals surface area contributed by atoms with Gasteiger partial charge in [0.2, 0.25) is 0 Å². The van der Waals surface area contributed by atoms with Crippen molar-refractivity contribution in [3.05, 3.63) is 70.8 Å². The minimum Gasteiger partial charge on any atom is -0.0954 e. The number of benzene rings is 2. The van der Waals surface area contributed by atoms with E-state index in [1.165, 1.54) is 5.28 Å². The second-order valence-corrected chi connectivity index (χ2v) is 25.6. The van der Waals surface area contributed by atoms with E-state index in [1.807, 2.05) is 0 Å². The lowest BCUT2D eigenvalue weighted by atomic mass is 9.85. The van der Waals surface area contributed by atoms with E-state index in [2.05, 4.69) is 94.7 Å². The maximum absolute atomic E-state index is 2.64. The average molecular weight is 379 g/mol. The molecule has 0 saturated heterocycles. The molecule has 0 unspecified atom stereocenters. The molecule has 0 atom stereocenters. The fourth-order valence-electron chi connectivity index (χ4n) is 6.98. The molecule has 130 valence electrons.